The number of methoxy groups -OCH3 is 1. The molecule has 5 heteroatoms. The van der Waals surface area contributed by atoms with E-state index in [9.17, 15) is 4.79 Å². The van der Waals surface area contributed by atoms with Crippen molar-refractivity contribution < 1.29 is 19.0 Å². The second-order valence-electron chi connectivity index (χ2n) is 5.72. The molecule has 1 amide bonds. The molecule has 5 nitrogen and oxygen atoms in total. The smallest absolute Gasteiger partial charge is 0.412 e. The van der Waals surface area contributed by atoms with Gasteiger partial charge in [-0.25, -0.2) is 4.79 Å². The van der Waals surface area contributed by atoms with E-state index in [1.165, 1.54) is 0 Å². The van der Waals surface area contributed by atoms with Crippen LogP contribution in [0.5, 0.6) is 0 Å². The molecule has 100 valence electrons. The highest BCUT2D eigenvalue weighted by molar-refractivity contribution is 5.69. The predicted molar refractivity (Wildman–Crippen MR) is 63.8 cm³/mol. The van der Waals surface area contributed by atoms with Crippen LogP contribution < -0.4 is 0 Å². The van der Waals surface area contributed by atoms with E-state index in [1.807, 2.05) is 34.6 Å². The van der Waals surface area contributed by atoms with E-state index in [1.54, 1.807) is 12.0 Å². The Labute approximate surface area is 103 Å². The summed E-state index contributed by atoms with van der Waals surface area (Å²) in [6.07, 6.45) is -0.359. The number of ether oxygens (including phenoxy) is 3. The molecule has 0 aliphatic carbocycles. The minimum absolute atomic E-state index is 0.0927. The van der Waals surface area contributed by atoms with Crippen molar-refractivity contribution in [2.75, 3.05) is 20.3 Å². The quantitative estimate of drug-likeness (QED) is 0.746. The number of hydrogen-bond donors (Lipinski definition) is 0. The second kappa shape index (κ2) is 4.82. The largest absolute Gasteiger partial charge is 0.444 e. The molecule has 1 aliphatic heterocycles. The van der Waals surface area contributed by atoms with E-state index in [4.69, 9.17) is 14.2 Å². The van der Waals surface area contributed by atoms with Crippen LogP contribution in [0.15, 0.2) is 0 Å². The first kappa shape index (κ1) is 14.3. The van der Waals surface area contributed by atoms with Crippen LogP contribution in [0.25, 0.3) is 0 Å². The van der Waals surface area contributed by atoms with E-state index in [0.29, 0.717) is 13.2 Å². The molecule has 17 heavy (non-hydrogen) atoms. The van der Waals surface area contributed by atoms with Crippen molar-refractivity contribution in [3.05, 3.63) is 0 Å². The fourth-order valence-electron chi connectivity index (χ4n) is 1.88. The fourth-order valence-corrected chi connectivity index (χ4v) is 1.88. The van der Waals surface area contributed by atoms with Gasteiger partial charge in [0.2, 0.25) is 0 Å². The summed E-state index contributed by atoms with van der Waals surface area (Å²) in [4.78, 5) is 13.7. The molecule has 0 saturated carbocycles. The van der Waals surface area contributed by atoms with Gasteiger partial charge >= 0.3 is 6.09 Å². The van der Waals surface area contributed by atoms with Crippen molar-refractivity contribution in [3.8, 4) is 0 Å². The monoisotopic (exact) mass is 245 g/mol. The number of hydrogen-bond acceptors (Lipinski definition) is 4. The Morgan fingerprint density at radius 3 is 2.53 bits per heavy atom. The fraction of sp³-hybridized carbons (Fsp3) is 0.917. The van der Waals surface area contributed by atoms with Gasteiger partial charge in [0.1, 0.15) is 11.3 Å². The maximum absolute atomic E-state index is 12.1. The third-order valence-corrected chi connectivity index (χ3v) is 2.52. The zero-order valence-electron chi connectivity index (χ0n) is 11.6. The van der Waals surface area contributed by atoms with Crippen LogP contribution in [0.2, 0.25) is 0 Å². The van der Waals surface area contributed by atoms with Gasteiger partial charge in [-0.15, -0.1) is 0 Å². The van der Waals surface area contributed by atoms with Gasteiger partial charge < -0.3 is 14.2 Å². The maximum atomic E-state index is 12.1. The number of amides is 1. The topological polar surface area (TPSA) is 48.0 Å². The molecule has 0 N–H and O–H groups in total. The molecule has 1 saturated heterocycles. The number of carbonyl (C=O) groups is 1. The lowest BCUT2D eigenvalue weighted by Crippen LogP contribution is -2.51. The minimum Gasteiger partial charge on any atom is -0.444 e. The Kier molecular flexibility index (Phi) is 4.04. The molecule has 1 atom stereocenters. The van der Waals surface area contributed by atoms with E-state index in [-0.39, 0.29) is 12.1 Å². The zero-order chi connectivity index (χ0) is 13.3. The first-order valence-corrected chi connectivity index (χ1v) is 5.82. The number of carbonyl (C=O) groups excluding carboxylic acids is 1. The average Bonchev–Trinajstić information content (AvgIpc) is 2.39. The molecule has 0 radical (unpaired) electrons. The molecule has 0 aromatic heterocycles. The van der Waals surface area contributed by atoms with Crippen LogP contribution in [0.4, 0.5) is 4.79 Å². The molecule has 0 aromatic carbocycles. The van der Waals surface area contributed by atoms with Crippen molar-refractivity contribution >= 4 is 6.09 Å². The molecule has 1 rings (SSSR count). The lowest BCUT2D eigenvalue weighted by atomic mass is 10.2. The van der Waals surface area contributed by atoms with Gasteiger partial charge in [0.15, 0.2) is 0 Å². The molecule has 0 unspecified atom stereocenters. The minimum atomic E-state index is -0.647. The molecule has 1 fully saturated rings. The number of nitrogens with zero attached hydrogens (tertiary/aromatic N) is 1. The summed E-state index contributed by atoms with van der Waals surface area (Å²) in [5.41, 5.74) is -1.15. The van der Waals surface area contributed by atoms with Gasteiger partial charge in [-0.2, -0.15) is 0 Å². The molecule has 0 bridgehead atoms. The summed E-state index contributed by atoms with van der Waals surface area (Å²) in [5.74, 6) is 0. The number of rotatable bonds is 2. The van der Waals surface area contributed by atoms with Crippen LogP contribution >= 0.6 is 0 Å². The summed E-state index contributed by atoms with van der Waals surface area (Å²) < 4.78 is 16.1. The third-order valence-electron chi connectivity index (χ3n) is 2.52. The van der Waals surface area contributed by atoms with Crippen LogP contribution in [0.1, 0.15) is 34.6 Å². The van der Waals surface area contributed by atoms with Crippen LogP contribution in [0, 0.1) is 0 Å². The zero-order valence-corrected chi connectivity index (χ0v) is 11.6. The first-order chi connectivity index (χ1) is 7.67. The van der Waals surface area contributed by atoms with Gasteiger partial charge in [-0.05, 0) is 34.6 Å². The predicted octanol–water partition coefficient (Wildman–Crippen LogP) is 2.00. The average molecular weight is 245 g/mol. The highest BCUT2D eigenvalue weighted by Gasteiger charge is 2.45. The molecular formula is C12H23NO4. The van der Waals surface area contributed by atoms with E-state index in [0.717, 1.165) is 0 Å². The summed E-state index contributed by atoms with van der Waals surface area (Å²) in [7, 11) is 1.61. The normalized spacial score (nSPS) is 23.9. The summed E-state index contributed by atoms with van der Waals surface area (Å²) in [6.45, 7) is 10.2. The maximum Gasteiger partial charge on any atom is 0.412 e. The van der Waals surface area contributed by atoms with Gasteiger partial charge in [0.05, 0.1) is 19.3 Å². The molecule has 1 heterocycles. The van der Waals surface area contributed by atoms with Crippen molar-refractivity contribution in [1.82, 2.24) is 4.90 Å². The summed E-state index contributed by atoms with van der Waals surface area (Å²) in [5, 5.41) is 0. The lowest BCUT2D eigenvalue weighted by molar-refractivity contribution is -0.0647. The highest BCUT2D eigenvalue weighted by Crippen LogP contribution is 2.29. The molecule has 0 aromatic rings. The van der Waals surface area contributed by atoms with E-state index >= 15 is 0 Å². The third kappa shape index (κ3) is 3.57. The molecule has 0 spiro atoms. The van der Waals surface area contributed by atoms with Crippen molar-refractivity contribution in [2.45, 2.75) is 52.0 Å². The Hall–Kier alpha value is -0.810. The van der Waals surface area contributed by atoms with Crippen molar-refractivity contribution in [1.29, 1.82) is 0 Å². The lowest BCUT2D eigenvalue weighted by Gasteiger charge is -2.34. The highest BCUT2D eigenvalue weighted by atomic mass is 16.6. The van der Waals surface area contributed by atoms with E-state index < -0.39 is 11.3 Å². The molecule has 1 aliphatic rings. The Morgan fingerprint density at radius 1 is 1.47 bits per heavy atom. The summed E-state index contributed by atoms with van der Waals surface area (Å²) in [6, 6.07) is -0.0927. The van der Waals surface area contributed by atoms with Gasteiger partial charge in [-0.3, -0.25) is 4.90 Å². The van der Waals surface area contributed by atoms with Crippen LogP contribution in [-0.4, -0.2) is 48.7 Å². The van der Waals surface area contributed by atoms with Gasteiger partial charge in [0.25, 0.3) is 0 Å². The summed E-state index contributed by atoms with van der Waals surface area (Å²) >= 11 is 0. The van der Waals surface area contributed by atoms with Gasteiger partial charge in [0, 0.05) is 7.11 Å². The van der Waals surface area contributed by atoms with Crippen molar-refractivity contribution in [2.24, 2.45) is 0 Å². The van der Waals surface area contributed by atoms with Gasteiger partial charge in [-0.1, -0.05) is 0 Å². The first-order valence-electron chi connectivity index (χ1n) is 5.82. The Bertz CT molecular complexity index is 283. The second-order valence-corrected chi connectivity index (χ2v) is 5.72. The van der Waals surface area contributed by atoms with Crippen LogP contribution in [0.3, 0.4) is 0 Å². The van der Waals surface area contributed by atoms with E-state index in [2.05, 4.69) is 0 Å². The Balaban J connectivity index is 2.79. The molecular weight excluding hydrogens is 222 g/mol. The Morgan fingerprint density at radius 2 is 2.06 bits per heavy atom. The van der Waals surface area contributed by atoms with Crippen LogP contribution in [-0.2, 0) is 14.2 Å². The standard InChI is InChI=1S/C12H23NO4/c1-11(2,3)17-10(14)13-9(7-15-6)8-16-12(13,4)5/h9H,7-8H2,1-6H3/t9-/m0/s1. The SMILES string of the molecule is COC[C@H]1COC(C)(C)N1C(=O)OC(C)(C)C. The van der Waals surface area contributed by atoms with Crippen molar-refractivity contribution in [3.63, 3.8) is 0 Å².